The molecule has 10 heteroatoms. The number of alkyl halides is 3. The first-order valence-electron chi connectivity index (χ1n) is 9.42. The number of piperazine rings is 1. The summed E-state index contributed by atoms with van der Waals surface area (Å²) in [7, 11) is 0. The third kappa shape index (κ3) is 2.75. The van der Waals surface area contributed by atoms with Gasteiger partial charge in [0, 0.05) is 12.0 Å². The zero-order valence-electron chi connectivity index (χ0n) is 16.5. The van der Waals surface area contributed by atoms with Gasteiger partial charge in [0.2, 0.25) is 5.91 Å². The van der Waals surface area contributed by atoms with Crippen LogP contribution in [0, 0.1) is 12.0 Å². The van der Waals surface area contributed by atoms with E-state index in [0.717, 1.165) is 11.0 Å². The van der Waals surface area contributed by atoms with Crippen LogP contribution >= 0.6 is 0 Å². The first-order chi connectivity index (χ1) is 13.9. The number of amides is 4. The van der Waals surface area contributed by atoms with Gasteiger partial charge in [0.25, 0.3) is 5.91 Å². The summed E-state index contributed by atoms with van der Waals surface area (Å²) in [5, 5.41) is 0. The molecule has 3 aliphatic heterocycles. The van der Waals surface area contributed by atoms with Crippen LogP contribution < -0.4 is 4.90 Å². The number of urea groups is 1. The molecule has 3 heterocycles. The Morgan fingerprint density at radius 2 is 1.87 bits per heavy atom. The van der Waals surface area contributed by atoms with E-state index >= 15 is 0 Å². The number of nitrogens with zero attached hydrogens (tertiary/aromatic N) is 4. The number of carbonyl (C=O) groups is 3. The molecule has 158 valence electrons. The maximum atomic E-state index is 13.3. The first-order valence-corrected chi connectivity index (χ1v) is 9.42. The monoisotopic (exact) mass is 420 g/mol. The van der Waals surface area contributed by atoms with Crippen LogP contribution in [0.5, 0.6) is 0 Å². The average molecular weight is 420 g/mol. The largest absolute Gasteiger partial charge is 0.407 e. The summed E-state index contributed by atoms with van der Waals surface area (Å²) >= 11 is 0. The van der Waals surface area contributed by atoms with E-state index in [1.165, 1.54) is 11.0 Å². The lowest BCUT2D eigenvalue weighted by Crippen LogP contribution is -2.56. The molecule has 3 atom stereocenters. The third-order valence-electron chi connectivity index (χ3n) is 5.83. The van der Waals surface area contributed by atoms with Gasteiger partial charge in [-0.05, 0) is 18.6 Å². The Labute approximate surface area is 170 Å². The molecule has 7 nitrogen and oxygen atoms in total. The molecule has 30 heavy (non-hydrogen) atoms. The predicted molar refractivity (Wildman–Crippen MR) is 99.6 cm³/mol. The van der Waals surface area contributed by atoms with Gasteiger partial charge in [-0.25, -0.2) is 14.5 Å². The number of hydrogen-bond acceptors (Lipinski definition) is 3. The lowest BCUT2D eigenvalue weighted by Gasteiger charge is -2.37. The quantitative estimate of drug-likeness (QED) is 0.517. The molecule has 3 fully saturated rings. The van der Waals surface area contributed by atoms with Crippen molar-refractivity contribution in [1.29, 1.82) is 0 Å². The van der Waals surface area contributed by atoms with Gasteiger partial charge in [-0.15, -0.1) is 0 Å². The van der Waals surface area contributed by atoms with Crippen molar-refractivity contribution >= 4 is 29.2 Å². The van der Waals surface area contributed by atoms with Gasteiger partial charge in [-0.2, -0.15) is 13.2 Å². The number of fused-ring (bicyclic) bond motifs is 5. The van der Waals surface area contributed by atoms with Crippen LogP contribution in [0.3, 0.4) is 0 Å². The van der Waals surface area contributed by atoms with Crippen LogP contribution in [0.15, 0.2) is 18.2 Å². The summed E-state index contributed by atoms with van der Waals surface area (Å²) in [6.07, 6.45) is -4.32. The van der Waals surface area contributed by atoms with Crippen molar-refractivity contribution in [3.63, 3.8) is 0 Å². The fourth-order valence-electron chi connectivity index (χ4n) is 4.55. The summed E-state index contributed by atoms with van der Waals surface area (Å²) in [6.45, 7) is 12.5. The fourth-order valence-corrected chi connectivity index (χ4v) is 4.55. The highest BCUT2D eigenvalue weighted by molar-refractivity contribution is 6.22. The summed E-state index contributed by atoms with van der Waals surface area (Å²) in [5.74, 6) is -0.781. The summed E-state index contributed by atoms with van der Waals surface area (Å²) in [5.41, 5.74) is -2.69. The maximum absolute atomic E-state index is 13.3. The van der Waals surface area contributed by atoms with Crippen LogP contribution in [0.1, 0.15) is 32.8 Å². The van der Waals surface area contributed by atoms with Crippen molar-refractivity contribution in [3.8, 4) is 0 Å². The molecule has 4 rings (SSSR count). The van der Waals surface area contributed by atoms with E-state index in [1.54, 1.807) is 25.7 Å². The van der Waals surface area contributed by atoms with Crippen LogP contribution in [-0.4, -0.2) is 52.3 Å². The van der Waals surface area contributed by atoms with Crippen molar-refractivity contribution in [2.45, 2.75) is 51.5 Å². The van der Waals surface area contributed by atoms with Crippen molar-refractivity contribution in [3.05, 3.63) is 35.2 Å². The summed E-state index contributed by atoms with van der Waals surface area (Å²) < 4.78 is 40.0. The van der Waals surface area contributed by atoms with Gasteiger partial charge in [0.1, 0.15) is 6.04 Å². The normalized spacial score (nSPS) is 25.8. The van der Waals surface area contributed by atoms with Crippen LogP contribution in [0.4, 0.5) is 29.3 Å². The highest BCUT2D eigenvalue weighted by Gasteiger charge is 2.63. The lowest BCUT2D eigenvalue weighted by atomic mass is 9.93. The van der Waals surface area contributed by atoms with Crippen LogP contribution in [0.25, 0.3) is 4.85 Å². The molecule has 0 aromatic heterocycles. The van der Waals surface area contributed by atoms with Crippen LogP contribution in [0.2, 0.25) is 0 Å². The van der Waals surface area contributed by atoms with Gasteiger partial charge >= 0.3 is 12.2 Å². The summed E-state index contributed by atoms with van der Waals surface area (Å²) in [4.78, 5) is 45.4. The molecular weight excluding hydrogens is 401 g/mol. The minimum Gasteiger partial charge on any atom is -0.334 e. The van der Waals surface area contributed by atoms with Crippen molar-refractivity contribution < 1.29 is 27.6 Å². The molecule has 2 bridgehead atoms. The van der Waals surface area contributed by atoms with E-state index in [9.17, 15) is 27.6 Å². The number of rotatable bonds is 1. The summed E-state index contributed by atoms with van der Waals surface area (Å²) in [6, 6.07) is 0.344. The molecule has 2 unspecified atom stereocenters. The number of carbonyl (C=O) groups excluding carboxylic acids is 3. The van der Waals surface area contributed by atoms with Gasteiger partial charge in [0.05, 0.1) is 29.9 Å². The number of likely N-dealkylation sites (tertiary alicyclic amines) is 1. The van der Waals surface area contributed by atoms with E-state index in [-0.39, 0.29) is 17.6 Å². The number of hydrogen-bond donors (Lipinski definition) is 0. The number of imide groups is 1. The fraction of sp³-hybridized carbons (Fsp3) is 0.500. The van der Waals surface area contributed by atoms with Crippen LogP contribution in [-0.2, 0) is 15.8 Å². The Kier molecular flexibility index (Phi) is 4.18. The van der Waals surface area contributed by atoms with Crippen molar-refractivity contribution in [1.82, 2.24) is 9.80 Å². The Morgan fingerprint density at radius 1 is 1.20 bits per heavy atom. The molecular formula is C20H19F3N4O3. The lowest BCUT2D eigenvalue weighted by molar-refractivity contribution is -0.143. The molecule has 0 spiro atoms. The maximum Gasteiger partial charge on any atom is 0.407 e. The molecule has 1 aromatic carbocycles. The van der Waals surface area contributed by atoms with E-state index < -0.39 is 46.9 Å². The van der Waals surface area contributed by atoms with Gasteiger partial charge < -0.3 is 9.80 Å². The molecule has 0 aliphatic carbocycles. The molecule has 3 aliphatic rings. The molecule has 3 saturated heterocycles. The van der Waals surface area contributed by atoms with E-state index in [0.29, 0.717) is 19.0 Å². The second kappa shape index (κ2) is 6.20. The minimum absolute atomic E-state index is 0.130. The Hall–Kier alpha value is -3.09. The highest BCUT2D eigenvalue weighted by atomic mass is 19.4. The predicted octanol–water partition coefficient (Wildman–Crippen LogP) is 3.42. The average Bonchev–Trinajstić information content (AvgIpc) is 3.30. The topological polar surface area (TPSA) is 65.3 Å². The van der Waals surface area contributed by atoms with E-state index in [2.05, 4.69) is 4.85 Å². The molecule has 1 aromatic rings. The number of halogens is 3. The molecule has 4 amide bonds. The minimum atomic E-state index is -4.80. The number of benzene rings is 1. The third-order valence-corrected chi connectivity index (χ3v) is 5.83. The Bertz CT molecular complexity index is 1010. The molecule has 0 radical (unpaired) electrons. The zero-order chi connectivity index (χ0) is 22.2. The second-order valence-corrected chi connectivity index (χ2v) is 8.78. The second-order valence-electron chi connectivity index (χ2n) is 8.78. The zero-order valence-corrected chi connectivity index (χ0v) is 16.5. The van der Waals surface area contributed by atoms with Gasteiger partial charge in [0.15, 0.2) is 5.69 Å². The molecule has 0 N–H and O–H groups in total. The Morgan fingerprint density at radius 3 is 2.43 bits per heavy atom. The van der Waals surface area contributed by atoms with E-state index in [4.69, 9.17) is 6.57 Å². The number of anilines is 1. The molecule has 0 saturated carbocycles. The Balaban J connectivity index is 1.69. The van der Waals surface area contributed by atoms with Crippen molar-refractivity contribution in [2.24, 2.45) is 5.41 Å². The SMILES string of the molecule is [C-]#[N+]c1ccc(N2C(=O)[C@H]3C4CC(CN4C(=O)C(C)(C)C)N3C2=O)cc1C(F)(F)F. The standard InChI is InChI=1S/C20H19F3N4O3/c1-19(2,3)17(29)25-9-11-8-14(25)15-16(28)27(18(30)26(11)15)10-5-6-13(24-4)12(7-10)20(21,22)23/h5-7,11,14-15H,8-9H2,1-3H3/t11?,14?,15-/m1/s1. The smallest absolute Gasteiger partial charge is 0.334 e. The first kappa shape index (κ1) is 20.2. The van der Waals surface area contributed by atoms with E-state index in [1.807, 2.05) is 0 Å². The van der Waals surface area contributed by atoms with Crippen molar-refractivity contribution in [2.75, 3.05) is 11.4 Å². The highest BCUT2D eigenvalue weighted by Crippen LogP contribution is 2.45. The van der Waals surface area contributed by atoms with Gasteiger partial charge in [-0.3, -0.25) is 9.59 Å². The van der Waals surface area contributed by atoms with Gasteiger partial charge in [-0.1, -0.05) is 26.8 Å².